The summed E-state index contributed by atoms with van der Waals surface area (Å²) in [6.07, 6.45) is 5.84. The zero-order chi connectivity index (χ0) is 11.4. The van der Waals surface area contributed by atoms with Gasteiger partial charge in [0, 0.05) is 6.04 Å². The van der Waals surface area contributed by atoms with E-state index >= 15 is 0 Å². The van der Waals surface area contributed by atoms with Gasteiger partial charge in [-0.1, -0.05) is 25.3 Å². The van der Waals surface area contributed by atoms with Gasteiger partial charge in [0.05, 0.1) is 0 Å². The SMILES string of the molecule is Cl.Nc1cccc(C(=O)NC2CCCCC2)n1. The van der Waals surface area contributed by atoms with E-state index in [0.717, 1.165) is 12.8 Å². The van der Waals surface area contributed by atoms with Crippen molar-refractivity contribution in [1.29, 1.82) is 0 Å². The molecule has 0 bridgehead atoms. The lowest BCUT2D eigenvalue weighted by Crippen LogP contribution is -2.36. The molecule has 0 unspecified atom stereocenters. The number of pyridine rings is 1. The molecule has 0 aliphatic heterocycles. The van der Waals surface area contributed by atoms with Crippen LogP contribution in [0.25, 0.3) is 0 Å². The molecule has 0 atom stereocenters. The highest BCUT2D eigenvalue weighted by Crippen LogP contribution is 2.17. The van der Waals surface area contributed by atoms with Gasteiger partial charge in [0.25, 0.3) is 5.91 Å². The number of nitrogen functional groups attached to an aromatic ring is 1. The fourth-order valence-electron chi connectivity index (χ4n) is 2.08. The predicted molar refractivity (Wildman–Crippen MR) is 70.2 cm³/mol. The average molecular weight is 256 g/mol. The van der Waals surface area contributed by atoms with Gasteiger partial charge < -0.3 is 11.1 Å². The molecule has 1 aliphatic carbocycles. The van der Waals surface area contributed by atoms with Gasteiger partial charge in [-0.3, -0.25) is 4.79 Å². The summed E-state index contributed by atoms with van der Waals surface area (Å²) in [5.41, 5.74) is 5.95. The molecule has 4 nitrogen and oxygen atoms in total. The molecule has 3 N–H and O–H groups in total. The van der Waals surface area contributed by atoms with Crippen LogP contribution >= 0.6 is 12.4 Å². The fraction of sp³-hybridized carbons (Fsp3) is 0.500. The molecular formula is C12H18ClN3O. The molecule has 0 saturated heterocycles. The average Bonchev–Trinajstić information content (AvgIpc) is 2.30. The van der Waals surface area contributed by atoms with Crippen molar-refractivity contribution in [3.8, 4) is 0 Å². The zero-order valence-corrected chi connectivity index (χ0v) is 10.5. The first kappa shape index (κ1) is 13.8. The maximum atomic E-state index is 11.8. The Morgan fingerprint density at radius 1 is 1.29 bits per heavy atom. The van der Waals surface area contributed by atoms with Gasteiger partial charge in [0.2, 0.25) is 0 Å². The van der Waals surface area contributed by atoms with E-state index in [1.54, 1.807) is 18.2 Å². The number of carbonyl (C=O) groups is 1. The van der Waals surface area contributed by atoms with E-state index in [1.807, 2.05) is 0 Å². The molecule has 1 aromatic rings. The molecule has 1 aliphatic rings. The number of carbonyl (C=O) groups excluding carboxylic acids is 1. The Morgan fingerprint density at radius 3 is 2.65 bits per heavy atom. The van der Waals surface area contributed by atoms with Crippen LogP contribution in [0.4, 0.5) is 5.82 Å². The van der Waals surface area contributed by atoms with Crippen LogP contribution in [0.15, 0.2) is 18.2 Å². The van der Waals surface area contributed by atoms with Crippen molar-refractivity contribution in [3.63, 3.8) is 0 Å². The van der Waals surface area contributed by atoms with Crippen LogP contribution in [0.3, 0.4) is 0 Å². The Kier molecular flexibility index (Phi) is 5.22. The number of nitrogens with one attached hydrogen (secondary N) is 1. The van der Waals surface area contributed by atoms with Crippen molar-refractivity contribution in [2.24, 2.45) is 0 Å². The third-order valence-corrected chi connectivity index (χ3v) is 2.94. The number of nitrogens with two attached hydrogens (primary N) is 1. The Bertz CT molecular complexity index is 378. The molecule has 94 valence electrons. The highest BCUT2D eigenvalue weighted by Gasteiger charge is 2.17. The lowest BCUT2D eigenvalue weighted by Gasteiger charge is -2.22. The van der Waals surface area contributed by atoms with E-state index in [1.165, 1.54) is 19.3 Å². The van der Waals surface area contributed by atoms with Crippen LogP contribution in [-0.2, 0) is 0 Å². The number of rotatable bonds is 2. The van der Waals surface area contributed by atoms with Crippen molar-refractivity contribution in [3.05, 3.63) is 23.9 Å². The monoisotopic (exact) mass is 255 g/mol. The smallest absolute Gasteiger partial charge is 0.270 e. The first-order valence-corrected chi connectivity index (χ1v) is 5.79. The molecule has 17 heavy (non-hydrogen) atoms. The highest BCUT2D eigenvalue weighted by atomic mass is 35.5. The van der Waals surface area contributed by atoms with Crippen molar-refractivity contribution >= 4 is 24.1 Å². The Labute approximate surface area is 107 Å². The predicted octanol–water partition coefficient (Wildman–Crippen LogP) is 2.15. The van der Waals surface area contributed by atoms with E-state index < -0.39 is 0 Å². The number of nitrogens with zero attached hydrogens (tertiary/aromatic N) is 1. The second kappa shape index (κ2) is 6.45. The molecule has 5 heteroatoms. The van der Waals surface area contributed by atoms with Gasteiger partial charge >= 0.3 is 0 Å². The summed E-state index contributed by atoms with van der Waals surface area (Å²) in [5, 5.41) is 3.01. The van der Waals surface area contributed by atoms with E-state index in [0.29, 0.717) is 17.6 Å². The Morgan fingerprint density at radius 2 is 2.00 bits per heavy atom. The van der Waals surface area contributed by atoms with Crippen molar-refractivity contribution in [1.82, 2.24) is 10.3 Å². The largest absolute Gasteiger partial charge is 0.384 e. The highest BCUT2D eigenvalue weighted by molar-refractivity contribution is 5.92. The summed E-state index contributed by atoms with van der Waals surface area (Å²) < 4.78 is 0. The third kappa shape index (κ3) is 3.89. The minimum absolute atomic E-state index is 0. The third-order valence-electron chi connectivity index (χ3n) is 2.94. The normalized spacial score (nSPS) is 16.0. The van der Waals surface area contributed by atoms with Crippen LogP contribution in [0.2, 0.25) is 0 Å². The fourth-order valence-corrected chi connectivity index (χ4v) is 2.08. The molecular weight excluding hydrogens is 238 g/mol. The second-order valence-corrected chi connectivity index (χ2v) is 4.26. The molecule has 1 saturated carbocycles. The summed E-state index contributed by atoms with van der Waals surface area (Å²) in [7, 11) is 0. The second-order valence-electron chi connectivity index (χ2n) is 4.26. The number of hydrogen-bond donors (Lipinski definition) is 2. The molecule has 1 fully saturated rings. The van der Waals surface area contributed by atoms with E-state index in [2.05, 4.69) is 10.3 Å². The standard InChI is InChI=1S/C12H17N3O.ClH/c13-11-8-4-7-10(15-11)12(16)14-9-5-2-1-3-6-9;/h4,7-9H,1-3,5-6H2,(H2,13,15)(H,14,16);1H. The van der Waals surface area contributed by atoms with Crippen molar-refractivity contribution in [2.75, 3.05) is 5.73 Å². The van der Waals surface area contributed by atoms with Crippen LogP contribution in [0.1, 0.15) is 42.6 Å². The van der Waals surface area contributed by atoms with Crippen LogP contribution in [0.5, 0.6) is 0 Å². The van der Waals surface area contributed by atoms with Crippen LogP contribution in [0, 0.1) is 0 Å². The van der Waals surface area contributed by atoms with E-state index in [-0.39, 0.29) is 18.3 Å². The van der Waals surface area contributed by atoms with Crippen molar-refractivity contribution < 1.29 is 4.79 Å². The van der Waals surface area contributed by atoms with E-state index in [4.69, 9.17) is 5.73 Å². The van der Waals surface area contributed by atoms with Crippen LogP contribution < -0.4 is 11.1 Å². The molecule has 0 aromatic carbocycles. The van der Waals surface area contributed by atoms with Gasteiger partial charge in [-0.05, 0) is 25.0 Å². The lowest BCUT2D eigenvalue weighted by molar-refractivity contribution is 0.0923. The molecule has 2 rings (SSSR count). The summed E-state index contributed by atoms with van der Waals surface area (Å²) in [4.78, 5) is 15.8. The Balaban J connectivity index is 0.00000144. The van der Waals surface area contributed by atoms with Gasteiger partial charge in [-0.15, -0.1) is 12.4 Å². The number of halogens is 1. The molecule has 1 aromatic heterocycles. The number of aromatic nitrogens is 1. The van der Waals surface area contributed by atoms with Gasteiger partial charge in [-0.2, -0.15) is 0 Å². The van der Waals surface area contributed by atoms with Gasteiger partial charge in [-0.25, -0.2) is 4.98 Å². The quantitative estimate of drug-likeness (QED) is 0.851. The zero-order valence-electron chi connectivity index (χ0n) is 9.69. The minimum atomic E-state index is -0.112. The topological polar surface area (TPSA) is 68.0 Å². The van der Waals surface area contributed by atoms with Gasteiger partial charge in [0.1, 0.15) is 11.5 Å². The van der Waals surface area contributed by atoms with Crippen molar-refractivity contribution in [2.45, 2.75) is 38.1 Å². The lowest BCUT2D eigenvalue weighted by atomic mass is 9.95. The molecule has 0 radical (unpaired) electrons. The first-order chi connectivity index (χ1) is 7.75. The van der Waals surface area contributed by atoms with Crippen LogP contribution in [-0.4, -0.2) is 16.9 Å². The number of amides is 1. The molecule has 1 heterocycles. The summed E-state index contributed by atoms with van der Waals surface area (Å²) >= 11 is 0. The summed E-state index contributed by atoms with van der Waals surface area (Å²) in [5.74, 6) is 0.274. The summed E-state index contributed by atoms with van der Waals surface area (Å²) in [6.45, 7) is 0. The molecule has 0 spiro atoms. The van der Waals surface area contributed by atoms with Gasteiger partial charge in [0.15, 0.2) is 0 Å². The molecule has 1 amide bonds. The van der Waals surface area contributed by atoms with E-state index in [9.17, 15) is 4.79 Å². The number of anilines is 1. The minimum Gasteiger partial charge on any atom is -0.384 e. The number of hydrogen-bond acceptors (Lipinski definition) is 3. The maximum Gasteiger partial charge on any atom is 0.270 e. The first-order valence-electron chi connectivity index (χ1n) is 5.79. The Hall–Kier alpha value is -1.29. The summed E-state index contributed by atoms with van der Waals surface area (Å²) in [6, 6.07) is 5.42. The maximum absolute atomic E-state index is 11.8.